The summed E-state index contributed by atoms with van der Waals surface area (Å²) in [7, 11) is 0. The van der Waals surface area contributed by atoms with Crippen LogP contribution in [0.25, 0.3) is 10.9 Å². The minimum absolute atomic E-state index is 0.705. The Bertz CT molecular complexity index is 744. The van der Waals surface area contributed by atoms with E-state index in [1.165, 1.54) is 33.0 Å². The third-order valence-electron chi connectivity index (χ3n) is 4.98. The standard InChI is InChI=1S/C18H21BrN2O/c1-3-12-17(19)15-10-22-9-14(15)13-4-5-16(20-18(12)13)21-7-6-11(2)8-21/h4-5,11H,3,6-10H2,1-2H3. The molecule has 2 aliphatic heterocycles. The molecular weight excluding hydrogens is 340 g/mol. The maximum Gasteiger partial charge on any atom is 0.129 e. The Morgan fingerprint density at radius 2 is 2.14 bits per heavy atom. The Labute approximate surface area is 139 Å². The van der Waals surface area contributed by atoms with Crippen molar-refractivity contribution in [3.8, 4) is 0 Å². The van der Waals surface area contributed by atoms with Crippen LogP contribution in [0.1, 0.15) is 37.0 Å². The third-order valence-corrected chi connectivity index (χ3v) is 5.94. The number of nitrogens with zero attached hydrogens (tertiary/aromatic N) is 2. The number of halogens is 1. The van der Waals surface area contributed by atoms with Crippen LogP contribution in [0.15, 0.2) is 16.6 Å². The zero-order valence-corrected chi connectivity index (χ0v) is 14.7. The minimum atomic E-state index is 0.705. The van der Waals surface area contributed by atoms with Gasteiger partial charge in [0.15, 0.2) is 0 Å². The SMILES string of the molecule is CCc1c(Br)c2c(c3ccc(N4CCC(C)C4)nc13)COC2. The third kappa shape index (κ3) is 2.16. The molecule has 4 rings (SSSR count). The van der Waals surface area contributed by atoms with E-state index in [9.17, 15) is 0 Å². The van der Waals surface area contributed by atoms with Crippen LogP contribution in [0, 0.1) is 5.92 Å². The topological polar surface area (TPSA) is 25.4 Å². The molecule has 3 nitrogen and oxygen atoms in total. The molecule has 0 amide bonds. The van der Waals surface area contributed by atoms with Crippen molar-refractivity contribution in [3.05, 3.63) is 33.3 Å². The predicted octanol–water partition coefficient (Wildman–Crippen LogP) is 4.44. The number of rotatable bonds is 2. The summed E-state index contributed by atoms with van der Waals surface area (Å²) in [5.41, 5.74) is 5.09. The first kappa shape index (κ1) is 14.5. The van der Waals surface area contributed by atoms with Crippen LogP contribution in [-0.4, -0.2) is 18.1 Å². The number of hydrogen-bond acceptors (Lipinski definition) is 3. The molecule has 1 aromatic heterocycles. The zero-order chi connectivity index (χ0) is 15.3. The lowest BCUT2D eigenvalue weighted by Gasteiger charge is -2.19. The van der Waals surface area contributed by atoms with Crippen LogP contribution in [0.4, 0.5) is 5.82 Å². The van der Waals surface area contributed by atoms with Gasteiger partial charge in [0.25, 0.3) is 0 Å². The molecule has 1 saturated heterocycles. The highest BCUT2D eigenvalue weighted by Crippen LogP contribution is 2.38. The van der Waals surface area contributed by atoms with Crippen molar-refractivity contribution in [1.82, 2.24) is 4.98 Å². The molecule has 1 fully saturated rings. The molecule has 0 spiro atoms. The van der Waals surface area contributed by atoms with Crippen LogP contribution in [0.5, 0.6) is 0 Å². The summed E-state index contributed by atoms with van der Waals surface area (Å²) in [6.07, 6.45) is 2.25. The van der Waals surface area contributed by atoms with Gasteiger partial charge < -0.3 is 9.64 Å². The van der Waals surface area contributed by atoms with Gasteiger partial charge in [-0.1, -0.05) is 29.8 Å². The summed E-state index contributed by atoms with van der Waals surface area (Å²) in [5.74, 6) is 1.89. The largest absolute Gasteiger partial charge is 0.372 e. The Morgan fingerprint density at radius 1 is 1.32 bits per heavy atom. The maximum atomic E-state index is 5.68. The number of hydrogen-bond donors (Lipinski definition) is 0. The molecule has 2 aliphatic rings. The lowest BCUT2D eigenvalue weighted by molar-refractivity contribution is 0.134. The molecule has 0 N–H and O–H groups in total. The summed E-state index contributed by atoms with van der Waals surface area (Å²) in [6, 6.07) is 4.44. The van der Waals surface area contributed by atoms with Gasteiger partial charge in [0.2, 0.25) is 0 Å². The van der Waals surface area contributed by atoms with Crippen LogP contribution in [0.3, 0.4) is 0 Å². The average Bonchev–Trinajstić information content (AvgIpc) is 3.16. The zero-order valence-electron chi connectivity index (χ0n) is 13.2. The van der Waals surface area contributed by atoms with Crippen molar-refractivity contribution in [2.75, 3.05) is 18.0 Å². The molecule has 0 bridgehead atoms. The maximum absolute atomic E-state index is 5.68. The molecule has 116 valence electrons. The Balaban J connectivity index is 1.90. The highest BCUT2D eigenvalue weighted by molar-refractivity contribution is 9.10. The van der Waals surface area contributed by atoms with Gasteiger partial charge in [-0.2, -0.15) is 0 Å². The van der Waals surface area contributed by atoms with Crippen LogP contribution in [-0.2, 0) is 24.4 Å². The van der Waals surface area contributed by atoms with Gasteiger partial charge in [-0.05, 0) is 47.6 Å². The van der Waals surface area contributed by atoms with Gasteiger partial charge >= 0.3 is 0 Å². The van der Waals surface area contributed by atoms with Crippen molar-refractivity contribution in [2.45, 2.75) is 39.9 Å². The van der Waals surface area contributed by atoms with E-state index in [1.807, 2.05) is 0 Å². The molecule has 0 aliphatic carbocycles. The number of benzene rings is 1. The first-order valence-corrected chi connectivity index (χ1v) is 8.93. The molecule has 4 heteroatoms. The quantitative estimate of drug-likeness (QED) is 0.791. The second kappa shape index (κ2) is 5.50. The second-order valence-corrected chi connectivity index (χ2v) is 7.29. The molecule has 3 heterocycles. The lowest BCUT2D eigenvalue weighted by atomic mass is 9.98. The Morgan fingerprint density at radius 3 is 2.86 bits per heavy atom. The molecule has 0 radical (unpaired) electrons. The van der Waals surface area contributed by atoms with E-state index in [-0.39, 0.29) is 0 Å². The average molecular weight is 361 g/mol. The fourth-order valence-electron chi connectivity index (χ4n) is 3.72. The van der Waals surface area contributed by atoms with Gasteiger partial charge in [-0.3, -0.25) is 0 Å². The van der Waals surface area contributed by atoms with E-state index in [0.717, 1.165) is 36.8 Å². The summed E-state index contributed by atoms with van der Waals surface area (Å²) >= 11 is 3.80. The Kier molecular flexibility index (Phi) is 3.61. The van der Waals surface area contributed by atoms with Gasteiger partial charge in [-0.25, -0.2) is 4.98 Å². The number of aromatic nitrogens is 1. The normalized spacial score (nSPS) is 20.9. The summed E-state index contributed by atoms with van der Waals surface area (Å²) in [4.78, 5) is 7.46. The highest BCUT2D eigenvalue weighted by Gasteiger charge is 2.24. The Hall–Kier alpha value is -1.13. The van der Waals surface area contributed by atoms with Crippen molar-refractivity contribution in [1.29, 1.82) is 0 Å². The molecular formula is C18H21BrN2O. The van der Waals surface area contributed by atoms with Gasteiger partial charge in [0.1, 0.15) is 5.82 Å². The monoisotopic (exact) mass is 360 g/mol. The van der Waals surface area contributed by atoms with Crippen molar-refractivity contribution < 1.29 is 4.74 Å². The van der Waals surface area contributed by atoms with Gasteiger partial charge in [0.05, 0.1) is 18.7 Å². The van der Waals surface area contributed by atoms with E-state index >= 15 is 0 Å². The number of fused-ring (bicyclic) bond motifs is 3. The molecule has 1 aromatic carbocycles. The fraction of sp³-hybridized carbons (Fsp3) is 0.500. The van der Waals surface area contributed by atoms with E-state index < -0.39 is 0 Å². The van der Waals surface area contributed by atoms with Crippen molar-refractivity contribution in [2.24, 2.45) is 5.92 Å². The predicted molar refractivity (Wildman–Crippen MR) is 93.3 cm³/mol. The van der Waals surface area contributed by atoms with E-state index in [4.69, 9.17) is 9.72 Å². The van der Waals surface area contributed by atoms with E-state index in [1.54, 1.807) is 0 Å². The van der Waals surface area contributed by atoms with Crippen LogP contribution < -0.4 is 4.90 Å². The molecule has 1 atom stereocenters. The number of aryl methyl sites for hydroxylation is 1. The van der Waals surface area contributed by atoms with Crippen molar-refractivity contribution in [3.63, 3.8) is 0 Å². The van der Waals surface area contributed by atoms with Gasteiger partial charge in [-0.15, -0.1) is 0 Å². The highest BCUT2D eigenvalue weighted by atomic mass is 79.9. The fourth-order valence-corrected chi connectivity index (χ4v) is 4.54. The van der Waals surface area contributed by atoms with Crippen LogP contribution >= 0.6 is 15.9 Å². The summed E-state index contributed by atoms with van der Waals surface area (Å²) in [5, 5.41) is 1.27. The first-order valence-electron chi connectivity index (χ1n) is 8.14. The van der Waals surface area contributed by atoms with Crippen LogP contribution in [0.2, 0.25) is 0 Å². The lowest BCUT2D eigenvalue weighted by Crippen LogP contribution is -2.20. The number of pyridine rings is 1. The molecule has 1 unspecified atom stereocenters. The number of anilines is 1. The molecule has 22 heavy (non-hydrogen) atoms. The van der Waals surface area contributed by atoms with E-state index in [2.05, 4.69) is 46.8 Å². The molecule has 0 saturated carbocycles. The smallest absolute Gasteiger partial charge is 0.129 e. The van der Waals surface area contributed by atoms with Crippen molar-refractivity contribution >= 4 is 32.7 Å². The molecule has 2 aromatic rings. The van der Waals surface area contributed by atoms with Gasteiger partial charge in [0, 0.05) is 22.9 Å². The first-order chi connectivity index (χ1) is 10.7. The second-order valence-electron chi connectivity index (χ2n) is 6.50. The minimum Gasteiger partial charge on any atom is -0.372 e. The number of ether oxygens (including phenoxy) is 1. The summed E-state index contributed by atoms with van der Waals surface area (Å²) < 4.78 is 6.88. The summed E-state index contributed by atoms with van der Waals surface area (Å²) in [6.45, 7) is 8.18. The van der Waals surface area contributed by atoms with E-state index in [0.29, 0.717) is 13.2 Å².